The van der Waals surface area contributed by atoms with Crippen LogP contribution in [0.4, 0.5) is 0 Å². The van der Waals surface area contributed by atoms with E-state index in [1.54, 1.807) is 27.7 Å². The highest BCUT2D eigenvalue weighted by Crippen LogP contribution is 2.24. The first-order valence-electron chi connectivity index (χ1n) is 9.04. The number of hydrogen-bond donors (Lipinski definition) is 1. The Bertz CT molecular complexity index is 976. The van der Waals surface area contributed by atoms with Crippen molar-refractivity contribution in [3.05, 3.63) is 47.3 Å². The summed E-state index contributed by atoms with van der Waals surface area (Å²) in [5, 5.41) is 6.58. The van der Waals surface area contributed by atoms with Crippen LogP contribution >= 0.6 is 0 Å². The summed E-state index contributed by atoms with van der Waals surface area (Å²) in [6.45, 7) is 7.56. The zero-order chi connectivity index (χ0) is 21.8. The molecule has 29 heavy (non-hydrogen) atoms. The molecule has 0 fully saturated rings. The van der Waals surface area contributed by atoms with Crippen molar-refractivity contribution in [1.82, 2.24) is 14.8 Å². The van der Waals surface area contributed by atoms with E-state index in [4.69, 9.17) is 9.26 Å². The van der Waals surface area contributed by atoms with E-state index in [0.717, 1.165) is 6.26 Å². The van der Waals surface area contributed by atoms with Gasteiger partial charge in [-0.1, -0.05) is 19.0 Å². The third kappa shape index (κ3) is 4.65. The molecule has 158 valence electrons. The van der Waals surface area contributed by atoms with Gasteiger partial charge in [-0.05, 0) is 38.1 Å². The van der Waals surface area contributed by atoms with Crippen LogP contribution in [0, 0.1) is 0 Å². The Morgan fingerprint density at radius 1 is 1.17 bits per heavy atom. The number of hydrogen-bond acceptors (Lipinski definition) is 7. The van der Waals surface area contributed by atoms with E-state index in [2.05, 4.69) is 10.5 Å². The lowest BCUT2D eigenvalue weighted by molar-refractivity contribution is 0.0595. The number of esters is 1. The second-order valence-corrected chi connectivity index (χ2v) is 8.70. The number of rotatable bonds is 8. The smallest absolute Gasteiger partial charge is 0.343 e. The number of nitrogens with zero attached hydrogens (tertiary/aromatic N) is 2. The van der Waals surface area contributed by atoms with Crippen LogP contribution in [-0.4, -0.2) is 50.0 Å². The fourth-order valence-electron chi connectivity index (χ4n) is 2.85. The summed E-state index contributed by atoms with van der Waals surface area (Å²) in [7, 11) is -2.37. The Kier molecular flexibility index (Phi) is 6.81. The SMILES string of the molecule is CCN(CC)S(=O)(=O)c1ccc(C(=O)NC(C)(C)c2nocc2C(=O)OC)cc1. The van der Waals surface area contributed by atoms with Crippen LogP contribution in [0.15, 0.2) is 39.9 Å². The Morgan fingerprint density at radius 2 is 1.76 bits per heavy atom. The van der Waals surface area contributed by atoms with Crippen LogP contribution in [0.25, 0.3) is 0 Å². The van der Waals surface area contributed by atoms with Crippen molar-refractivity contribution in [2.45, 2.75) is 38.1 Å². The molecule has 1 N–H and O–H groups in total. The van der Waals surface area contributed by atoms with Crippen LogP contribution in [0.1, 0.15) is 54.1 Å². The van der Waals surface area contributed by atoms with Crippen molar-refractivity contribution in [3.8, 4) is 0 Å². The minimum absolute atomic E-state index is 0.110. The number of nitrogens with one attached hydrogen (secondary N) is 1. The molecule has 2 rings (SSSR count). The summed E-state index contributed by atoms with van der Waals surface area (Å²) in [5.74, 6) is -1.09. The van der Waals surface area contributed by atoms with Crippen molar-refractivity contribution < 1.29 is 27.3 Å². The zero-order valence-corrected chi connectivity index (χ0v) is 17.9. The molecule has 10 heteroatoms. The molecule has 0 radical (unpaired) electrons. The quantitative estimate of drug-likeness (QED) is 0.646. The molecule has 1 aromatic heterocycles. The first-order chi connectivity index (χ1) is 13.6. The maximum Gasteiger partial charge on any atom is 0.343 e. The predicted molar refractivity (Wildman–Crippen MR) is 105 cm³/mol. The Labute approximate surface area is 170 Å². The maximum absolute atomic E-state index is 12.7. The normalized spacial score (nSPS) is 12.1. The highest BCUT2D eigenvalue weighted by molar-refractivity contribution is 7.89. The van der Waals surface area contributed by atoms with Gasteiger partial charge in [-0.2, -0.15) is 4.31 Å². The van der Waals surface area contributed by atoms with Gasteiger partial charge in [0.1, 0.15) is 17.5 Å². The van der Waals surface area contributed by atoms with Crippen LogP contribution in [0.5, 0.6) is 0 Å². The van der Waals surface area contributed by atoms with Gasteiger partial charge >= 0.3 is 5.97 Å². The third-order valence-electron chi connectivity index (χ3n) is 4.45. The first kappa shape index (κ1) is 22.6. The molecule has 0 spiro atoms. The molecule has 0 bridgehead atoms. The molecular formula is C19H25N3O6S. The van der Waals surface area contributed by atoms with E-state index in [9.17, 15) is 18.0 Å². The summed E-state index contributed by atoms with van der Waals surface area (Å²) in [6, 6.07) is 5.66. The van der Waals surface area contributed by atoms with E-state index in [1.165, 1.54) is 35.7 Å². The number of carbonyl (C=O) groups is 2. The van der Waals surface area contributed by atoms with Crippen LogP contribution in [0.3, 0.4) is 0 Å². The van der Waals surface area contributed by atoms with Crippen LogP contribution in [-0.2, 0) is 20.3 Å². The lowest BCUT2D eigenvalue weighted by Gasteiger charge is -2.24. The second-order valence-electron chi connectivity index (χ2n) is 6.76. The van der Waals surface area contributed by atoms with E-state index in [0.29, 0.717) is 13.1 Å². The first-order valence-corrected chi connectivity index (χ1v) is 10.5. The molecule has 0 unspecified atom stereocenters. The van der Waals surface area contributed by atoms with Gasteiger partial charge in [0.05, 0.1) is 17.5 Å². The van der Waals surface area contributed by atoms with Crippen molar-refractivity contribution in [2.75, 3.05) is 20.2 Å². The zero-order valence-electron chi connectivity index (χ0n) is 17.1. The number of ether oxygens (including phenoxy) is 1. The number of aromatic nitrogens is 1. The predicted octanol–water partition coefficient (Wildman–Crippen LogP) is 2.16. The number of carbonyl (C=O) groups excluding carboxylic acids is 2. The van der Waals surface area contributed by atoms with Crippen molar-refractivity contribution in [1.29, 1.82) is 0 Å². The summed E-state index contributed by atoms with van der Waals surface area (Å²) in [6.07, 6.45) is 1.15. The molecule has 0 atom stereocenters. The van der Waals surface area contributed by atoms with Gasteiger partial charge in [-0.15, -0.1) is 0 Å². The highest BCUT2D eigenvalue weighted by atomic mass is 32.2. The lowest BCUT2D eigenvalue weighted by Crippen LogP contribution is -2.42. The van der Waals surface area contributed by atoms with E-state index >= 15 is 0 Å². The number of sulfonamides is 1. The Hall–Kier alpha value is -2.72. The number of amides is 1. The Balaban J connectivity index is 2.23. The average Bonchev–Trinajstić information content (AvgIpc) is 3.19. The standard InChI is InChI=1S/C19H25N3O6S/c1-6-22(7-2)29(25,26)14-10-8-13(9-11-14)17(23)20-19(3,4)16-15(12-28-21-16)18(24)27-5/h8-12H,6-7H2,1-5H3,(H,20,23). The molecular weight excluding hydrogens is 398 g/mol. The minimum atomic E-state index is -3.60. The van der Waals surface area contributed by atoms with Crippen LogP contribution < -0.4 is 5.32 Å². The van der Waals surface area contributed by atoms with Crippen LogP contribution in [0.2, 0.25) is 0 Å². The minimum Gasteiger partial charge on any atom is -0.465 e. The van der Waals surface area contributed by atoms with Gasteiger partial charge in [0.2, 0.25) is 10.0 Å². The molecule has 1 heterocycles. The summed E-state index contributed by atoms with van der Waals surface area (Å²) < 4.78 is 36.0. The molecule has 2 aromatic rings. The third-order valence-corrected chi connectivity index (χ3v) is 6.52. The highest BCUT2D eigenvalue weighted by Gasteiger charge is 2.32. The molecule has 0 aliphatic rings. The second kappa shape index (κ2) is 8.75. The summed E-state index contributed by atoms with van der Waals surface area (Å²) in [5.41, 5.74) is -0.448. The molecule has 1 aromatic carbocycles. The molecule has 0 saturated carbocycles. The van der Waals surface area contributed by atoms with Crippen molar-refractivity contribution in [2.24, 2.45) is 0 Å². The monoisotopic (exact) mass is 423 g/mol. The molecule has 0 saturated heterocycles. The topological polar surface area (TPSA) is 119 Å². The fraction of sp³-hybridized carbons (Fsp3) is 0.421. The van der Waals surface area contributed by atoms with E-state index < -0.39 is 27.4 Å². The van der Waals surface area contributed by atoms with Gasteiger partial charge in [-0.3, -0.25) is 4.79 Å². The summed E-state index contributed by atoms with van der Waals surface area (Å²) >= 11 is 0. The van der Waals surface area contributed by atoms with Gasteiger partial charge in [-0.25, -0.2) is 13.2 Å². The van der Waals surface area contributed by atoms with Gasteiger partial charge in [0.15, 0.2) is 0 Å². The number of methoxy groups -OCH3 is 1. The number of benzene rings is 1. The molecule has 0 aliphatic carbocycles. The van der Waals surface area contributed by atoms with Crippen molar-refractivity contribution in [3.63, 3.8) is 0 Å². The van der Waals surface area contributed by atoms with Crippen molar-refractivity contribution >= 4 is 21.9 Å². The van der Waals surface area contributed by atoms with E-state index in [-0.39, 0.29) is 21.7 Å². The maximum atomic E-state index is 12.7. The van der Waals surface area contributed by atoms with Gasteiger partial charge < -0.3 is 14.6 Å². The lowest BCUT2D eigenvalue weighted by atomic mass is 9.96. The average molecular weight is 423 g/mol. The fourth-order valence-corrected chi connectivity index (χ4v) is 4.31. The molecule has 9 nitrogen and oxygen atoms in total. The van der Waals surface area contributed by atoms with Gasteiger partial charge in [0, 0.05) is 18.7 Å². The van der Waals surface area contributed by atoms with Gasteiger partial charge in [0.25, 0.3) is 5.91 Å². The Morgan fingerprint density at radius 3 is 2.28 bits per heavy atom. The largest absolute Gasteiger partial charge is 0.465 e. The summed E-state index contributed by atoms with van der Waals surface area (Å²) in [4.78, 5) is 24.6. The molecule has 0 aliphatic heterocycles. The van der Waals surface area contributed by atoms with E-state index in [1.807, 2.05) is 0 Å². The molecule has 1 amide bonds.